The topological polar surface area (TPSA) is 63.7 Å². The van der Waals surface area contributed by atoms with Crippen molar-refractivity contribution in [2.45, 2.75) is 57.8 Å². The molecule has 1 aromatic rings. The first-order chi connectivity index (χ1) is 12.3. The number of nitrogens with zero attached hydrogens (tertiary/aromatic N) is 1. The van der Waals surface area contributed by atoms with Crippen LogP contribution in [0.25, 0.3) is 0 Å². The molecule has 0 amide bonds. The highest BCUT2D eigenvalue weighted by Gasteiger charge is 2.44. The molecule has 3 rings (SSSR count). The first-order valence-corrected chi connectivity index (χ1v) is 11.2. The van der Waals surface area contributed by atoms with Gasteiger partial charge in [-0.25, -0.2) is 13.2 Å². The zero-order valence-corrected chi connectivity index (χ0v) is 17.2. The number of benzene rings is 1. The molecule has 1 aliphatic carbocycles. The van der Waals surface area contributed by atoms with Crippen molar-refractivity contribution in [3.05, 3.63) is 23.8 Å². The highest BCUT2D eigenvalue weighted by molar-refractivity contribution is 7.91. The normalized spacial score (nSPS) is 18.1. The van der Waals surface area contributed by atoms with Crippen LogP contribution in [-0.4, -0.2) is 40.3 Å². The minimum atomic E-state index is -3.30. The van der Waals surface area contributed by atoms with E-state index in [9.17, 15) is 13.2 Å². The Morgan fingerprint density at radius 1 is 1.12 bits per heavy atom. The standard InChI is InChI=1S/C17H23NO4S.C3H8/c1-3-23(20,21)13-4-5-14(16(19)22-2)15(12-13)18-10-8-17(6-7-17)9-11-18;1-3-2/h4-5,12H,3,6-11H2,1-2H3;3H2,1-2H3. The zero-order valence-electron chi connectivity index (χ0n) is 16.4. The average molecular weight is 382 g/mol. The number of ether oxygens (including phenoxy) is 1. The van der Waals surface area contributed by atoms with E-state index < -0.39 is 15.8 Å². The Labute approximate surface area is 157 Å². The number of methoxy groups -OCH3 is 1. The van der Waals surface area contributed by atoms with E-state index >= 15 is 0 Å². The summed E-state index contributed by atoms with van der Waals surface area (Å²) in [7, 11) is -1.95. The molecule has 5 nitrogen and oxygen atoms in total. The number of hydrogen-bond acceptors (Lipinski definition) is 5. The highest BCUT2D eigenvalue weighted by atomic mass is 32.2. The molecule has 1 saturated heterocycles. The van der Waals surface area contributed by atoms with Gasteiger partial charge in [0, 0.05) is 13.1 Å². The van der Waals surface area contributed by atoms with E-state index in [1.54, 1.807) is 19.1 Å². The predicted octanol–water partition coefficient (Wildman–Crippen LogP) is 4.06. The quantitative estimate of drug-likeness (QED) is 0.736. The summed E-state index contributed by atoms with van der Waals surface area (Å²) < 4.78 is 29.2. The van der Waals surface area contributed by atoms with Crippen molar-refractivity contribution in [2.75, 3.05) is 30.9 Å². The fraction of sp³-hybridized carbons (Fsp3) is 0.650. The van der Waals surface area contributed by atoms with Crippen LogP contribution in [-0.2, 0) is 14.6 Å². The lowest BCUT2D eigenvalue weighted by Crippen LogP contribution is -2.35. The van der Waals surface area contributed by atoms with Crippen molar-refractivity contribution >= 4 is 21.5 Å². The molecule has 0 unspecified atom stereocenters. The molecule has 0 aromatic heterocycles. The minimum Gasteiger partial charge on any atom is -0.465 e. The predicted molar refractivity (Wildman–Crippen MR) is 105 cm³/mol. The fourth-order valence-electron chi connectivity index (χ4n) is 3.31. The second-order valence-electron chi connectivity index (χ2n) is 7.27. The summed E-state index contributed by atoms with van der Waals surface area (Å²) in [5.41, 5.74) is 1.64. The van der Waals surface area contributed by atoms with Gasteiger partial charge in [-0.05, 0) is 49.3 Å². The number of esters is 1. The molecule has 1 heterocycles. The lowest BCUT2D eigenvalue weighted by Gasteiger charge is -2.34. The van der Waals surface area contributed by atoms with Crippen LogP contribution in [0.4, 0.5) is 5.69 Å². The van der Waals surface area contributed by atoms with E-state index in [-0.39, 0.29) is 10.6 Å². The molecule has 0 N–H and O–H groups in total. The molecule has 1 aromatic carbocycles. The fourth-order valence-corrected chi connectivity index (χ4v) is 4.21. The maximum Gasteiger partial charge on any atom is 0.339 e. The molecule has 0 radical (unpaired) electrons. The van der Waals surface area contributed by atoms with Crippen LogP contribution in [0.3, 0.4) is 0 Å². The maximum absolute atomic E-state index is 12.2. The van der Waals surface area contributed by atoms with Crippen molar-refractivity contribution in [1.29, 1.82) is 0 Å². The second-order valence-corrected chi connectivity index (χ2v) is 9.55. The van der Waals surface area contributed by atoms with Gasteiger partial charge in [-0.15, -0.1) is 0 Å². The molecular formula is C20H31NO4S. The number of rotatable bonds is 4. The molecular weight excluding hydrogens is 350 g/mol. The van der Waals surface area contributed by atoms with Crippen LogP contribution in [0, 0.1) is 5.41 Å². The van der Waals surface area contributed by atoms with Crippen LogP contribution in [0.2, 0.25) is 0 Å². The van der Waals surface area contributed by atoms with Gasteiger partial charge in [-0.2, -0.15) is 0 Å². The molecule has 0 bridgehead atoms. The van der Waals surface area contributed by atoms with Crippen LogP contribution in [0.1, 0.15) is 63.2 Å². The summed E-state index contributed by atoms with van der Waals surface area (Å²) in [6.45, 7) is 7.60. The Kier molecular flexibility index (Phi) is 6.72. The van der Waals surface area contributed by atoms with Gasteiger partial charge >= 0.3 is 5.97 Å². The Morgan fingerprint density at radius 3 is 2.15 bits per heavy atom. The summed E-state index contributed by atoms with van der Waals surface area (Å²) in [6, 6.07) is 4.71. The third-order valence-electron chi connectivity index (χ3n) is 5.24. The smallest absolute Gasteiger partial charge is 0.339 e. The van der Waals surface area contributed by atoms with Gasteiger partial charge in [0.2, 0.25) is 0 Å². The van der Waals surface area contributed by atoms with Crippen LogP contribution in [0.15, 0.2) is 23.1 Å². The van der Waals surface area contributed by atoms with Crippen molar-refractivity contribution in [1.82, 2.24) is 0 Å². The number of anilines is 1. The first kappa shape index (κ1) is 20.7. The Bertz CT molecular complexity index is 728. The Balaban J connectivity index is 0.000000758. The Morgan fingerprint density at radius 2 is 1.69 bits per heavy atom. The van der Waals surface area contributed by atoms with Crippen molar-refractivity contribution in [3.63, 3.8) is 0 Å². The third-order valence-corrected chi connectivity index (χ3v) is 6.97. The zero-order chi connectivity index (χ0) is 19.4. The molecule has 0 atom stereocenters. The van der Waals surface area contributed by atoms with Crippen LogP contribution in [0.5, 0.6) is 0 Å². The molecule has 6 heteroatoms. The molecule has 1 saturated carbocycles. The molecule has 2 fully saturated rings. The number of carbonyl (C=O) groups excluding carboxylic acids is 1. The van der Waals surface area contributed by atoms with Gasteiger partial charge in [-0.3, -0.25) is 0 Å². The van der Waals surface area contributed by atoms with Gasteiger partial charge in [0.15, 0.2) is 9.84 Å². The number of carbonyl (C=O) groups is 1. The van der Waals surface area contributed by atoms with E-state index in [1.807, 2.05) is 0 Å². The summed E-state index contributed by atoms with van der Waals surface area (Å²) in [5.74, 6) is -0.375. The van der Waals surface area contributed by atoms with Crippen molar-refractivity contribution in [3.8, 4) is 0 Å². The molecule has 1 aliphatic heterocycles. The third kappa shape index (κ3) is 4.58. The second kappa shape index (κ2) is 8.42. The van der Waals surface area contributed by atoms with E-state index in [0.29, 0.717) is 16.7 Å². The van der Waals surface area contributed by atoms with E-state index in [2.05, 4.69) is 18.7 Å². The molecule has 146 valence electrons. The average Bonchev–Trinajstić information content (AvgIpc) is 3.41. The van der Waals surface area contributed by atoms with Gasteiger partial charge in [-0.1, -0.05) is 27.2 Å². The molecule has 1 spiro atoms. The largest absolute Gasteiger partial charge is 0.465 e. The van der Waals surface area contributed by atoms with E-state index in [0.717, 1.165) is 25.9 Å². The lowest BCUT2D eigenvalue weighted by atomic mass is 9.93. The van der Waals surface area contributed by atoms with Crippen molar-refractivity contribution in [2.24, 2.45) is 5.41 Å². The molecule has 2 aliphatic rings. The number of sulfone groups is 1. The number of piperidine rings is 1. The van der Waals surface area contributed by atoms with Gasteiger partial charge in [0.25, 0.3) is 0 Å². The SMILES string of the molecule is CCC.CCS(=O)(=O)c1ccc(C(=O)OC)c(N2CCC3(CC2)CC3)c1. The van der Waals surface area contributed by atoms with Crippen molar-refractivity contribution < 1.29 is 17.9 Å². The van der Waals surface area contributed by atoms with Crippen LogP contribution < -0.4 is 4.90 Å². The minimum absolute atomic E-state index is 0.0487. The maximum atomic E-state index is 12.2. The van der Waals surface area contributed by atoms with Gasteiger partial charge in [0.1, 0.15) is 0 Å². The van der Waals surface area contributed by atoms with E-state index in [4.69, 9.17) is 4.74 Å². The van der Waals surface area contributed by atoms with E-state index in [1.165, 1.54) is 32.4 Å². The summed E-state index contributed by atoms with van der Waals surface area (Å²) in [4.78, 5) is 14.5. The Hall–Kier alpha value is -1.56. The molecule has 26 heavy (non-hydrogen) atoms. The first-order valence-electron chi connectivity index (χ1n) is 9.52. The summed E-state index contributed by atoms with van der Waals surface area (Å²) >= 11 is 0. The van der Waals surface area contributed by atoms with Crippen LogP contribution >= 0.6 is 0 Å². The van der Waals surface area contributed by atoms with Gasteiger partial charge < -0.3 is 9.64 Å². The summed E-state index contributed by atoms with van der Waals surface area (Å²) in [5, 5.41) is 0. The highest BCUT2D eigenvalue weighted by Crippen LogP contribution is 2.54. The van der Waals surface area contributed by atoms with Gasteiger partial charge in [0.05, 0.1) is 29.0 Å². The lowest BCUT2D eigenvalue weighted by molar-refractivity contribution is 0.0601. The number of hydrogen-bond donors (Lipinski definition) is 0. The monoisotopic (exact) mass is 381 g/mol. The summed E-state index contributed by atoms with van der Waals surface area (Å²) in [6.07, 6.45) is 6.07.